The van der Waals surface area contributed by atoms with Crippen LogP contribution in [0.25, 0.3) is 10.4 Å². The van der Waals surface area contributed by atoms with Crippen LogP contribution in [0.5, 0.6) is 0 Å². The van der Waals surface area contributed by atoms with Gasteiger partial charge in [-0.1, -0.05) is 53.1 Å². The third-order valence-corrected chi connectivity index (χ3v) is 8.57. The van der Waals surface area contributed by atoms with Gasteiger partial charge in [-0.25, -0.2) is 0 Å². The molecule has 9 nitrogen and oxygen atoms in total. The summed E-state index contributed by atoms with van der Waals surface area (Å²) in [6, 6.07) is -0.434. The van der Waals surface area contributed by atoms with Crippen LogP contribution in [0.1, 0.15) is 73.6 Å². The molecular formula is C24H42N4O5V. The van der Waals surface area contributed by atoms with E-state index >= 15 is 0 Å². The molecule has 0 bridgehead atoms. The molecule has 3 heterocycles. The van der Waals surface area contributed by atoms with E-state index in [1.165, 1.54) is 0 Å². The van der Waals surface area contributed by atoms with Crippen LogP contribution < -0.4 is 0 Å². The van der Waals surface area contributed by atoms with Crippen molar-refractivity contribution in [1.29, 1.82) is 0 Å². The van der Waals surface area contributed by atoms with Gasteiger partial charge in [-0.05, 0) is 48.0 Å². The van der Waals surface area contributed by atoms with Crippen molar-refractivity contribution in [2.45, 2.75) is 104 Å². The first-order valence-corrected chi connectivity index (χ1v) is 12.4. The molecule has 0 aromatic rings. The second-order valence-electron chi connectivity index (χ2n) is 10.2. The normalized spacial score (nSPS) is 33.8. The topological polar surface area (TPSA) is 136 Å². The maximum absolute atomic E-state index is 11.8. The summed E-state index contributed by atoms with van der Waals surface area (Å²) in [7, 11) is 0. The number of hydrogen-bond acceptors (Lipinski definition) is 6. The first-order chi connectivity index (χ1) is 15.6. The standard InChI is InChI=1S/C13H23N3O2.C11H19NO3.V/c1-5-8(2)9(3)10(4)13(15-16-14)11-6-7-12(17)18-11;1-6-7(2)11-9(14)3-4-10(15)12(11)8(6)5-13;/h8-11,13H,5-7H2,1-4H3;6-9,11,13-14H,3-5H2,1-2H3;/t8?,9-,10-,11?,13?;6-,7+,8-,9?,11?;/m10./s1. The Morgan fingerprint density at radius 3 is 2.29 bits per heavy atom. The molecule has 0 saturated carbocycles. The Labute approximate surface area is 215 Å². The quantitative estimate of drug-likeness (QED) is 0.230. The number of rotatable bonds is 7. The van der Waals surface area contributed by atoms with Crippen molar-refractivity contribution < 1.29 is 43.1 Å². The summed E-state index contributed by atoms with van der Waals surface area (Å²) in [5, 5.41) is 23.1. The minimum Gasteiger partial charge on any atom is -0.462 e. The zero-order valence-electron chi connectivity index (χ0n) is 21.4. The molecule has 10 heteroatoms. The molecule has 3 saturated heterocycles. The molecule has 0 aromatic heterocycles. The largest absolute Gasteiger partial charge is 0.462 e. The average molecular weight is 518 g/mol. The van der Waals surface area contributed by atoms with Crippen molar-refractivity contribution in [2.75, 3.05) is 6.61 Å². The molecule has 1 radical (unpaired) electrons. The molecule has 34 heavy (non-hydrogen) atoms. The van der Waals surface area contributed by atoms with Crippen LogP contribution in [0.15, 0.2) is 5.11 Å². The van der Waals surface area contributed by atoms with Gasteiger partial charge in [-0.3, -0.25) is 9.59 Å². The first-order valence-electron chi connectivity index (χ1n) is 12.4. The first kappa shape index (κ1) is 30.8. The average Bonchev–Trinajstić information content (AvgIpc) is 3.34. The van der Waals surface area contributed by atoms with E-state index in [-0.39, 0.29) is 79.0 Å². The Morgan fingerprint density at radius 1 is 1.15 bits per heavy atom. The van der Waals surface area contributed by atoms with Crippen molar-refractivity contribution in [3.63, 3.8) is 0 Å². The minimum absolute atomic E-state index is 0. The van der Waals surface area contributed by atoms with Crippen molar-refractivity contribution in [2.24, 2.45) is 34.7 Å². The summed E-state index contributed by atoms with van der Waals surface area (Å²) >= 11 is 0. The number of aliphatic hydroxyl groups excluding tert-OH is 2. The Morgan fingerprint density at radius 2 is 1.79 bits per heavy atom. The number of cyclic esters (lactones) is 1. The molecule has 1 amide bonds. The molecule has 193 valence electrons. The van der Waals surface area contributed by atoms with E-state index in [0.29, 0.717) is 37.5 Å². The van der Waals surface area contributed by atoms with Crippen LogP contribution >= 0.6 is 0 Å². The van der Waals surface area contributed by atoms with Crippen molar-refractivity contribution in [3.8, 4) is 0 Å². The van der Waals surface area contributed by atoms with Crippen molar-refractivity contribution >= 4 is 11.9 Å². The number of nitrogens with zero attached hydrogens (tertiary/aromatic N) is 4. The molecular weight excluding hydrogens is 475 g/mol. The summed E-state index contributed by atoms with van der Waals surface area (Å²) in [5.41, 5.74) is 8.71. The van der Waals surface area contributed by atoms with E-state index in [0.717, 1.165) is 6.42 Å². The number of esters is 1. The number of fused-ring (bicyclic) bond motifs is 1. The van der Waals surface area contributed by atoms with E-state index < -0.39 is 6.10 Å². The van der Waals surface area contributed by atoms with Gasteiger partial charge in [0.15, 0.2) is 0 Å². The molecule has 0 spiro atoms. The number of hydrogen-bond donors (Lipinski definition) is 2. The Kier molecular flexibility index (Phi) is 12.4. The minimum atomic E-state index is -0.420. The third kappa shape index (κ3) is 6.70. The van der Waals surface area contributed by atoms with Gasteiger partial charge in [-0.15, -0.1) is 0 Å². The van der Waals surface area contributed by atoms with Crippen LogP contribution in [-0.4, -0.2) is 63.9 Å². The zero-order chi connectivity index (χ0) is 24.9. The molecule has 5 unspecified atom stereocenters. The molecule has 10 atom stereocenters. The second-order valence-corrected chi connectivity index (χ2v) is 10.2. The van der Waals surface area contributed by atoms with Gasteiger partial charge in [0.05, 0.1) is 30.8 Å². The van der Waals surface area contributed by atoms with E-state index in [2.05, 4.69) is 44.6 Å². The van der Waals surface area contributed by atoms with Gasteiger partial charge in [-0.2, -0.15) is 0 Å². The predicted molar refractivity (Wildman–Crippen MR) is 125 cm³/mol. The Balaban J connectivity index is 0.000000334. The summed E-state index contributed by atoms with van der Waals surface area (Å²) in [6.45, 7) is 12.7. The van der Waals surface area contributed by atoms with E-state index in [4.69, 9.17) is 10.3 Å². The Hall–Kier alpha value is -1.25. The maximum atomic E-state index is 11.8. The molecule has 0 aliphatic carbocycles. The fraction of sp³-hybridized carbons (Fsp3) is 0.917. The maximum Gasteiger partial charge on any atom is 0.306 e. The van der Waals surface area contributed by atoms with Gasteiger partial charge in [0.1, 0.15) is 6.10 Å². The SMILES string of the molecule is CCC(C)[C@@H](C)[C@@H](C)C(N=[N+]=[N-])C1CCC(=O)O1.C[C@H]1[C@@H](C)C2C(O)CCC(=O)N2[C@H]1CO.[V]. The number of ether oxygens (including phenoxy) is 1. The number of piperidine rings is 1. The predicted octanol–water partition coefficient (Wildman–Crippen LogP) is 3.67. The Bertz CT molecular complexity index is 734. The van der Waals surface area contributed by atoms with E-state index in [9.17, 15) is 19.8 Å². The van der Waals surface area contributed by atoms with Crippen LogP contribution in [0.4, 0.5) is 0 Å². The van der Waals surface area contributed by atoms with Gasteiger partial charge >= 0.3 is 5.97 Å². The van der Waals surface area contributed by atoms with Gasteiger partial charge in [0.2, 0.25) is 5.91 Å². The molecule has 0 aromatic carbocycles. The van der Waals surface area contributed by atoms with Gasteiger partial charge in [0.25, 0.3) is 0 Å². The summed E-state index contributed by atoms with van der Waals surface area (Å²) in [6.07, 6.45) is 2.51. The van der Waals surface area contributed by atoms with E-state index in [1.54, 1.807) is 4.90 Å². The molecule has 3 aliphatic heterocycles. The fourth-order valence-corrected chi connectivity index (χ4v) is 5.67. The molecule has 3 rings (SSSR count). The van der Waals surface area contributed by atoms with Crippen molar-refractivity contribution in [3.05, 3.63) is 10.4 Å². The molecule has 3 aliphatic rings. The summed E-state index contributed by atoms with van der Waals surface area (Å²) in [5.74, 6) is 1.64. The number of azide groups is 1. The second kappa shape index (κ2) is 13.7. The number of carbonyl (C=O) groups excluding carboxylic acids is 2. The van der Waals surface area contributed by atoms with Crippen LogP contribution in [0.3, 0.4) is 0 Å². The van der Waals surface area contributed by atoms with Crippen LogP contribution in [-0.2, 0) is 32.9 Å². The third-order valence-electron chi connectivity index (χ3n) is 8.57. The van der Waals surface area contributed by atoms with Crippen molar-refractivity contribution in [1.82, 2.24) is 4.90 Å². The molecule has 2 N–H and O–H groups in total. The van der Waals surface area contributed by atoms with Crippen LogP contribution in [0, 0.1) is 29.6 Å². The van der Waals surface area contributed by atoms with Gasteiger partial charge in [0, 0.05) is 36.3 Å². The zero-order valence-corrected chi connectivity index (χ0v) is 22.8. The number of carbonyl (C=O) groups is 2. The van der Waals surface area contributed by atoms with E-state index in [1.807, 2.05) is 6.92 Å². The fourth-order valence-electron chi connectivity index (χ4n) is 5.67. The number of amides is 1. The summed E-state index contributed by atoms with van der Waals surface area (Å²) in [4.78, 5) is 27.6. The van der Waals surface area contributed by atoms with Gasteiger partial charge < -0.3 is 19.8 Å². The summed E-state index contributed by atoms with van der Waals surface area (Å²) < 4.78 is 5.26. The number of aliphatic hydroxyl groups is 2. The smallest absolute Gasteiger partial charge is 0.306 e. The molecule has 3 fully saturated rings. The monoisotopic (exact) mass is 517 g/mol. The van der Waals surface area contributed by atoms with Crippen LogP contribution in [0.2, 0.25) is 0 Å².